The van der Waals surface area contributed by atoms with Gasteiger partial charge in [0.05, 0.1) is 12.6 Å². The van der Waals surface area contributed by atoms with Gasteiger partial charge in [0.2, 0.25) is 23.5 Å². The van der Waals surface area contributed by atoms with E-state index in [-0.39, 0.29) is 49.7 Å². The Labute approximate surface area is 271 Å². The molecule has 1 unspecified atom stereocenters. The number of fused-ring (bicyclic) bond motifs is 1. The monoisotopic (exact) mass is 648 g/mol. The lowest BCUT2D eigenvalue weighted by atomic mass is 9.94. The van der Waals surface area contributed by atoms with Gasteiger partial charge in [-0.15, -0.1) is 0 Å². The summed E-state index contributed by atoms with van der Waals surface area (Å²) in [6.07, 6.45) is 3.67. The maximum Gasteiger partial charge on any atom is 0.408 e. The van der Waals surface area contributed by atoms with Crippen molar-refractivity contribution < 1.29 is 37.9 Å². The van der Waals surface area contributed by atoms with E-state index in [0.29, 0.717) is 42.7 Å². The van der Waals surface area contributed by atoms with Crippen LogP contribution < -0.4 is 21.3 Å². The number of alkyl carbamates (subject to hydrolysis) is 1. The van der Waals surface area contributed by atoms with Crippen molar-refractivity contribution in [2.24, 2.45) is 17.8 Å². The smallest absolute Gasteiger partial charge is 0.408 e. The Bertz CT molecular complexity index is 1540. The van der Waals surface area contributed by atoms with E-state index in [9.17, 15) is 24.0 Å². The third-order valence-corrected chi connectivity index (χ3v) is 8.25. The fourth-order valence-corrected chi connectivity index (χ4v) is 5.76. The summed E-state index contributed by atoms with van der Waals surface area (Å²) in [6.45, 7) is 4.89. The molecule has 2 aliphatic rings. The van der Waals surface area contributed by atoms with Gasteiger partial charge in [0.25, 0.3) is 5.89 Å². The first-order valence-electron chi connectivity index (χ1n) is 15.9. The molecule has 3 aromatic rings. The van der Waals surface area contributed by atoms with Gasteiger partial charge in [-0.2, -0.15) is 0 Å². The van der Waals surface area contributed by atoms with Crippen molar-refractivity contribution >= 4 is 40.7 Å². The number of ketones is 1. The molecule has 2 aliphatic heterocycles. The van der Waals surface area contributed by atoms with Gasteiger partial charge in [-0.25, -0.2) is 9.78 Å². The van der Waals surface area contributed by atoms with Gasteiger partial charge in [-0.1, -0.05) is 32.0 Å². The first kappa shape index (κ1) is 33.5. The number of hydrogen-bond acceptors (Lipinski definition) is 10. The standard InChI is InChI=1S/C33H40N6O8/c1-19(2)14-25(37-31(43)27(22-10-13-45-18-22)39-33(44)46-17-20-6-5-11-34-16-20)30(42)36-24(15-21-9-12-35-29(21)41)28(40)32-38-23-7-3-4-8-26(23)47-32/h3-8,11,16,19,21-22,24-25,27H,9-10,12-15,17-18H2,1-2H3,(H,35,41)(H,36,42)(H,37,43)(H,39,44)/t21-,22?,24-,25-,27-/m0/s1. The summed E-state index contributed by atoms with van der Waals surface area (Å²) >= 11 is 0. The fraction of sp³-hybridized carbons (Fsp3) is 0.485. The second kappa shape index (κ2) is 15.6. The van der Waals surface area contributed by atoms with E-state index in [2.05, 4.69) is 31.2 Å². The molecule has 47 heavy (non-hydrogen) atoms. The highest BCUT2D eigenvalue weighted by atomic mass is 16.5. The van der Waals surface area contributed by atoms with E-state index in [1.807, 2.05) is 13.8 Å². The Balaban J connectivity index is 1.31. The highest BCUT2D eigenvalue weighted by Gasteiger charge is 2.38. The molecule has 14 heteroatoms. The largest absolute Gasteiger partial charge is 0.445 e. The number of pyridine rings is 1. The van der Waals surface area contributed by atoms with Crippen LogP contribution >= 0.6 is 0 Å². The molecule has 4 N–H and O–H groups in total. The van der Waals surface area contributed by atoms with E-state index in [0.717, 1.165) is 0 Å². The second-order valence-corrected chi connectivity index (χ2v) is 12.3. The van der Waals surface area contributed by atoms with Crippen LogP contribution in [0.2, 0.25) is 0 Å². The molecule has 2 fully saturated rings. The number of aromatic nitrogens is 2. The Morgan fingerprint density at radius 1 is 1.02 bits per heavy atom. The lowest BCUT2D eigenvalue weighted by Gasteiger charge is -2.28. The maximum atomic E-state index is 13.8. The van der Waals surface area contributed by atoms with E-state index in [4.69, 9.17) is 13.9 Å². The number of oxazole rings is 1. The molecule has 2 aromatic heterocycles. The summed E-state index contributed by atoms with van der Waals surface area (Å²) in [6, 6.07) is 7.14. The highest BCUT2D eigenvalue weighted by Crippen LogP contribution is 2.22. The minimum atomic E-state index is -1.14. The van der Waals surface area contributed by atoms with Crippen LogP contribution in [-0.2, 0) is 30.5 Å². The number of nitrogens with zero attached hydrogens (tertiary/aromatic N) is 2. The van der Waals surface area contributed by atoms with Crippen LogP contribution in [0.4, 0.5) is 4.79 Å². The molecular weight excluding hydrogens is 608 g/mol. The van der Waals surface area contributed by atoms with Crippen LogP contribution in [0, 0.1) is 17.8 Å². The summed E-state index contributed by atoms with van der Waals surface area (Å²) in [4.78, 5) is 74.8. The number of nitrogens with one attached hydrogen (secondary N) is 4. The fourth-order valence-electron chi connectivity index (χ4n) is 5.76. The molecule has 0 bridgehead atoms. The molecule has 5 atom stereocenters. The molecule has 4 amide bonds. The molecule has 0 aliphatic carbocycles. The van der Waals surface area contributed by atoms with Gasteiger partial charge in [0, 0.05) is 42.9 Å². The predicted molar refractivity (Wildman–Crippen MR) is 168 cm³/mol. The number of amides is 4. The number of hydrogen-bond donors (Lipinski definition) is 4. The molecule has 0 saturated carbocycles. The maximum absolute atomic E-state index is 13.8. The molecule has 0 radical (unpaired) electrons. The van der Waals surface area contributed by atoms with Crippen LogP contribution in [0.3, 0.4) is 0 Å². The van der Waals surface area contributed by atoms with Crippen LogP contribution in [0.15, 0.2) is 53.2 Å². The number of ether oxygens (including phenoxy) is 2. The summed E-state index contributed by atoms with van der Waals surface area (Å²) in [7, 11) is 0. The molecule has 250 valence electrons. The first-order chi connectivity index (χ1) is 22.7. The lowest BCUT2D eigenvalue weighted by molar-refractivity contribution is -0.131. The van der Waals surface area contributed by atoms with Crippen molar-refractivity contribution in [3.63, 3.8) is 0 Å². The zero-order valence-corrected chi connectivity index (χ0v) is 26.4. The van der Waals surface area contributed by atoms with Crippen LogP contribution in [0.25, 0.3) is 11.1 Å². The second-order valence-electron chi connectivity index (χ2n) is 12.3. The van der Waals surface area contributed by atoms with Crippen molar-refractivity contribution in [3.8, 4) is 0 Å². The van der Waals surface area contributed by atoms with Gasteiger partial charge < -0.3 is 35.2 Å². The Kier molecular flexibility index (Phi) is 11.1. The van der Waals surface area contributed by atoms with Crippen LogP contribution in [0.1, 0.15) is 55.8 Å². The van der Waals surface area contributed by atoms with Gasteiger partial charge in [0.15, 0.2) is 5.58 Å². The van der Waals surface area contributed by atoms with Crippen molar-refractivity contribution in [1.29, 1.82) is 0 Å². The topological polar surface area (TPSA) is 191 Å². The van der Waals surface area contributed by atoms with E-state index in [1.54, 1.807) is 48.8 Å². The van der Waals surface area contributed by atoms with Gasteiger partial charge in [-0.3, -0.25) is 24.2 Å². The first-order valence-corrected chi connectivity index (χ1v) is 15.9. The van der Waals surface area contributed by atoms with Crippen LogP contribution in [0.5, 0.6) is 0 Å². The number of rotatable bonds is 14. The minimum absolute atomic E-state index is 0.0245. The van der Waals surface area contributed by atoms with E-state index < -0.39 is 47.7 Å². The Morgan fingerprint density at radius 3 is 2.51 bits per heavy atom. The summed E-state index contributed by atoms with van der Waals surface area (Å²) in [5, 5.41) is 11.0. The SMILES string of the molecule is CC(C)C[C@H](NC(=O)[C@@H](NC(=O)OCc1cccnc1)C1CCOC1)C(=O)N[C@@H](C[C@@H]1CCNC1=O)C(=O)c1nc2ccccc2o1. The van der Waals surface area contributed by atoms with Crippen molar-refractivity contribution in [3.05, 3.63) is 60.2 Å². The van der Waals surface area contributed by atoms with Crippen molar-refractivity contribution in [2.75, 3.05) is 19.8 Å². The molecule has 14 nitrogen and oxygen atoms in total. The zero-order valence-electron chi connectivity index (χ0n) is 26.4. The number of carbonyl (C=O) groups is 5. The number of para-hydroxylation sites is 2. The summed E-state index contributed by atoms with van der Waals surface area (Å²) in [5.74, 6) is -3.04. The third-order valence-electron chi connectivity index (χ3n) is 8.25. The quantitative estimate of drug-likeness (QED) is 0.189. The molecule has 1 aromatic carbocycles. The Hall–Kier alpha value is -4.85. The summed E-state index contributed by atoms with van der Waals surface area (Å²) in [5.41, 5.74) is 1.58. The van der Waals surface area contributed by atoms with Crippen molar-refractivity contribution in [2.45, 2.75) is 64.3 Å². The highest BCUT2D eigenvalue weighted by molar-refractivity contribution is 6.01. The number of carbonyl (C=O) groups excluding carboxylic acids is 5. The Morgan fingerprint density at radius 2 is 1.83 bits per heavy atom. The zero-order chi connectivity index (χ0) is 33.3. The average Bonchev–Trinajstić information content (AvgIpc) is 3.83. The normalized spacial score (nSPS) is 19.5. The van der Waals surface area contributed by atoms with Crippen LogP contribution in [-0.4, -0.2) is 77.5 Å². The van der Waals surface area contributed by atoms with Crippen molar-refractivity contribution in [1.82, 2.24) is 31.2 Å². The van der Waals surface area contributed by atoms with E-state index in [1.165, 1.54) is 0 Å². The van der Waals surface area contributed by atoms with E-state index >= 15 is 0 Å². The summed E-state index contributed by atoms with van der Waals surface area (Å²) < 4.78 is 16.5. The number of benzene rings is 1. The minimum Gasteiger partial charge on any atom is -0.445 e. The molecule has 5 rings (SSSR count). The van der Waals surface area contributed by atoms with Gasteiger partial charge in [-0.05, 0) is 49.8 Å². The number of Topliss-reactive ketones (excluding diaryl/α,β-unsaturated/α-hetero) is 1. The molecular formula is C33H40N6O8. The lowest BCUT2D eigenvalue weighted by Crippen LogP contribution is -2.58. The van der Waals surface area contributed by atoms with Gasteiger partial charge >= 0.3 is 6.09 Å². The third kappa shape index (κ3) is 8.91. The average molecular weight is 649 g/mol. The molecule has 4 heterocycles. The predicted octanol–water partition coefficient (Wildman–Crippen LogP) is 2.28. The molecule has 0 spiro atoms. The molecule has 2 saturated heterocycles. The van der Waals surface area contributed by atoms with Gasteiger partial charge in [0.1, 0.15) is 24.2 Å².